The number of ether oxygens (including phenoxy) is 1. The zero-order valence-corrected chi connectivity index (χ0v) is 16.7. The average Bonchev–Trinajstić information content (AvgIpc) is 2.74. The van der Waals surface area contributed by atoms with Crippen LogP contribution in [0.3, 0.4) is 0 Å². The Hall–Kier alpha value is -2.81. The molecule has 1 aliphatic carbocycles. The third-order valence-electron chi connectivity index (χ3n) is 4.65. The fourth-order valence-electron chi connectivity index (χ4n) is 3.06. The van der Waals surface area contributed by atoms with Crippen LogP contribution in [-0.2, 0) is 12.8 Å². The van der Waals surface area contributed by atoms with Crippen LogP contribution < -0.4 is 15.4 Å². The summed E-state index contributed by atoms with van der Waals surface area (Å²) in [5.41, 5.74) is 0.0758. The molecular weight excluding hydrogens is 399 g/mol. The zero-order valence-electron chi connectivity index (χ0n) is 16.7. The number of aliphatic hydroxyl groups is 1. The highest BCUT2D eigenvalue weighted by molar-refractivity contribution is 5.91. The Kier molecular flexibility index (Phi) is 8.91. The van der Waals surface area contributed by atoms with Gasteiger partial charge in [0.05, 0.1) is 25.0 Å². The van der Waals surface area contributed by atoms with Crippen LogP contribution in [0.2, 0.25) is 0 Å². The average molecular weight is 425 g/mol. The van der Waals surface area contributed by atoms with Crippen LogP contribution in [0.5, 0.6) is 5.75 Å². The molecule has 3 rings (SSSR count). The van der Waals surface area contributed by atoms with Gasteiger partial charge in [0.1, 0.15) is 5.75 Å². The molecule has 1 saturated carbocycles. The number of pyridine rings is 1. The van der Waals surface area contributed by atoms with Gasteiger partial charge in [-0.2, -0.15) is 13.2 Å². The Labute approximate surface area is 173 Å². The summed E-state index contributed by atoms with van der Waals surface area (Å²) >= 11 is 0. The molecule has 0 aliphatic heterocycles. The van der Waals surface area contributed by atoms with Gasteiger partial charge < -0.3 is 20.5 Å². The second kappa shape index (κ2) is 11.4. The maximum absolute atomic E-state index is 12.7. The maximum Gasteiger partial charge on any atom is 0.416 e. The zero-order chi connectivity index (χ0) is 22.0. The number of methoxy groups -OCH3 is 1. The van der Waals surface area contributed by atoms with E-state index in [1.54, 1.807) is 24.5 Å². The van der Waals surface area contributed by atoms with E-state index in [4.69, 9.17) is 9.84 Å². The van der Waals surface area contributed by atoms with Crippen molar-refractivity contribution in [2.75, 3.05) is 12.4 Å². The highest BCUT2D eigenvalue weighted by Gasteiger charge is 2.31. The van der Waals surface area contributed by atoms with Crippen LogP contribution in [0, 0.1) is 0 Å². The van der Waals surface area contributed by atoms with E-state index < -0.39 is 17.8 Å². The lowest BCUT2D eigenvalue weighted by Gasteiger charge is -2.23. The minimum atomic E-state index is -4.47. The van der Waals surface area contributed by atoms with Crippen LogP contribution >= 0.6 is 0 Å². The molecule has 0 atom stereocenters. The van der Waals surface area contributed by atoms with Crippen molar-refractivity contribution in [3.63, 3.8) is 0 Å². The number of hydrogen-bond acceptors (Lipinski definition) is 4. The number of aliphatic hydroxyl groups excluding tert-OH is 1. The monoisotopic (exact) mass is 425 g/mol. The quantitative estimate of drug-likeness (QED) is 0.661. The fourth-order valence-corrected chi connectivity index (χ4v) is 3.06. The van der Waals surface area contributed by atoms with Crippen molar-refractivity contribution in [1.82, 2.24) is 10.3 Å². The molecule has 0 spiro atoms. The van der Waals surface area contributed by atoms with E-state index in [-0.39, 0.29) is 24.1 Å². The topological polar surface area (TPSA) is 83.5 Å². The molecule has 1 aliphatic rings. The summed E-state index contributed by atoms with van der Waals surface area (Å²) < 4.78 is 43.2. The third kappa shape index (κ3) is 7.55. The molecule has 0 unspecified atom stereocenters. The summed E-state index contributed by atoms with van der Waals surface area (Å²) in [6.45, 7) is 0.0997. The van der Waals surface area contributed by atoms with E-state index in [1.807, 2.05) is 0 Å². The van der Waals surface area contributed by atoms with Crippen molar-refractivity contribution in [3.05, 3.63) is 53.9 Å². The maximum atomic E-state index is 12.7. The third-order valence-corrected chi connectivity index (χ3v) is 4.65. The highest BCUT2D eigenvalue weighted by Crippen LogP contribution is 2.34. The molecule has 1 aromatic carbocycles. The van der Waals surface area contributed by atoms with E-state index in [2.05, 4.69) is 15.6 Å². The summed E-state index contributed by atoms with van der Waals surface area (Å²) in [4.78, 5) is 15.7. The molecule has 0 saturated heterocycles. The van der Waals surface area contributed by atoms with Crippen LogP contribution in [0.1, 0.15) is 43.2 Å². The molecule has 0 radical (unpaired) electrons. The number of nitrogens with zero attached hydrogens (tertiary/aromatic N) is 1. The van der Waals surface area contributed by atoms with E-state index in [0.29, 0.717) is 0 Å². The fraction of sp³-hybridized carbons (Fsp3) is 0.429. The number of carbonyl (C=O) groups is 1. The van der Waals surface area contributed by atoms with E-state index in [1.165, 1.54) is 13.2 Å². The predicted octanol–water partition coefficient (Wildman–Crippen LogP) is 4.74. The smallest absolute Gasteiger partial charge is 0.416 e. The number of hydrogen-bond donors (Lipinski definition) is 3. The summed E-state index contributed by atoms with van der Waals surface area (Å²) in [6, 6.07) is 6.11. The second-order valence-electron chi connectivity index (χ2n) is 6.86. The van der Waals surface area contributed by atoms with Gasteiger partial charge in [0.15, 0.2) is 0 Å². The molecule has 3 N–H and O–H groups in total. The van der Waals surface area contributed by atoms with Gasteiger partial charge in [-0.25, -0.2) is 4.79 Å². The first-order valence-electron chi connectivity index (χ1n) is 9.66. The first-order valence-corrected chi connectivity index (χ1v) is 9.66. The van der Waals surface area contributed by atoms with E-state index in [9.17, 15) is 18.0 Å². The molecule has 0 bridgehead atoms. The molecular formula is C21H26F3N3O3. The second-order valence-corrected chi connectivity index (χ2v) is 6.86. The molecule has 2 amide bonds. The van der Waals surface area contributed by atoms with Crippen LogP contribution in [0.4, 0.5) is 23.7 Å². The number of alkyl halides is 3. The van der Waals surface area contributed by atoms with Gasteiger partial charge in [-0.05, 0) is 48.7 Å². The summed E-state index contributed by atoms with van der Waals surface area (Å²) in [5, 5.41) is 13.7. The van der Waals surface area contributed by atoms with Gasteiger partial charge >= 0.3 is 12.2 Å². The first kappa shape index (κ1) is 23.5. The van der Waals surface area contributed by atoms with Gasteiger partial charge in [0.2, 0.25) is 0 Å². The molecule has 164 valence electrons. The van der Waals surface area contributed by atoms with Crippen molar-refractivity contribution in [1.29, 1.82) is 0 Å². The van der Waals surface area contributed by atoms with Crippen LogP contribution in [0.25, 0.3) is 0 Å². The lowest BCUT2D eigenvalue weighted by molar-refractivity contribution is -0.137. The number of amides is 2. The lowest BCUT2D eigenvalue weighted by atomic mass is 9.96. The number of aromatic nitrogens is 1. The molecule has 6 nitrogen and oxygen atoms in total. The van der Waals surface area contributed by atoms with Crippen molar-refractivity contribution in [2.45, 2.75) is 50.9 Å². The number of nitrogens with one attached hydrogen (secondary N) is 2. The minimum absolute atomic E-state index is 0.00522. The Balaban J connectivity index is 0.000000335. The van der Waals surface area contributed by atoms with Gasteiger partial charge in [-0.1, -0.05) is 19.3 Å². The van der Waals surface area contributed by atoms with E-state index in [0.717, 1.165) is 49.8 Å². The number of anilines is 1. The number of carbonyl (C=O) groups excluding carboxylic acids is 1. The van der Waals surface area contributed by atoms with Crippen molar-refractivity contribution >= 4 is 11.7 Å². The Morgan fingerprint density at radius 1 is 1.17 bits per heavy atom. The van der Waals surface area contributed by atoms with Crippen molar-refractivity contribution in [3.8, 4) is 5.75 Å². The summed E-state index contributed by atoms with van der Waals surface area (Å²) in [5.74, 6) is 0.187. The van der Waals surface area contributed by atoms with Gasteiger partial charge in [0, 0.05) is 18.4 Å². The van der Waals surface area contributed by atoms with Gasteiger partial charge in [-0.3, -0.25) is 4.98 Å². The van der Waals surface area contributed by atoms with Crippen molar-refractivity contribution in [2.24, 2.45) is 0 Å². The van der Waals surface area contributed by atoms with E-state index >= 15 is 0 Å². The van der Waals surface area contributed by atoms with Crippen molar-refractivity contribution < 1.29 is 27.8 Å². The summed E-state index contributed by atoms with van der Waals surface area (Å²) in [6.07, 6.45) is 3.90. The molecule has 1 fully saturated rings. The first-order chi connectivity index (χ1) is 14.3. The Morgan fingerprint density at radius 2 is 1.83 bits per heavy atom. The number of halogens is 3. The van der Waals surface area contributed by atoms with Crippen LogP contribution in [0.15, 0.2) is 42.7 Å². The Bertz CT molecular complexity index is 795. The number of benzene rings is 1. The predicted molar refractivity (Wildman–Crippen MR) is 107 cm³/mol. The largest absolute Gasteiger partial charge is 0.495 e. The SMILES string of the molecule is COc1ccc(C(F)(F)F)cc1NC(=O)NC1CCCCC1.OCc1ccncc1. The number of rotatable bonds is 4. The lowest BCUT2D eigenvalue weighted by Crippen LogP contribution is -2.39. The molecule has 30 heavy (non-hydrogen) atoms. The highest BCUT2D eigenvalue weighted by atomic mass is 19.4. The van der Waals surface area contributed by atoms with Gasteiger partial charge in [-0.15, -0.1) is 0 Å². The normalized spacial score (nSPS) is 14.3. The Morgan fingerprint density at radius 3 is 2.37 bits per heavy atom. The standard InChI is InChI=1S/C15H19F3N2O2.C6H7NO/c1-22-13-8-7-10(15(16,17)18)9-12(13)20-14(21)19-11-5-3-2-4-6-11;8-5-6-1-3-7-4-2-6/h7-9,11H,2-6H2,1H3,(H2,19,20,21);1-4,8H,5H2. The number of urea groups is 1. The van der Waals surface area contributed by atoms with Crippen LogP contribution in [-0.4, -0.2) is 29.3 Å². The molecule has 1 heterocycles. The molecule has 9 heteroatoms. The molecule has 2 aromatic rings. The summed E-state index contributed by atoms with van der Waals surface area (Å²) in [7, 11) is 1.34. The molecule has 1 aromatic heterocycles. The minimum Gasteiger partial charge on any atom is -0.495 e. The van der Waals surface area contributed by atoms with Gasteiger partial charge in [0.25, 0.3) is 0 Å².